The molecule has 0 saturated heterocycles. The Balaban J connectivity index is 1.71. The third-order valence-electron chi connectivity index (χ3n) is 4.22. The molecule has 112 valence electrons. The van der Waals surface area contributed by atoms with Crippen molar-refractivity contribution in [3.8, 4) is 5.75 Å². The second-order valence-corrected chi connectivity index (χ2v) is 5.65. The van der Waals surface area contributed by atoms with Gasteiger partial charge in [0.05, 0.1) is 0 Å². The number of carboxylic acid groups (broad SMARTS) is 1. The topological polar surface area (TPSA) is 75.6 Å². The summed E-state index contributed by atoms with van der Waals surface area (Å²) in [6.45, 7) is 0. The third-order valence-corrected chi connectivity index (χ3v) is 4.22. The molecule has 5 nitrogen and oxygen atoms in total. The average Bonchev–Trinajstić information content (AvgIpc) is 3.05. The minimum absolute atomic E-state index is 0.259. The number of hydrogen-bond donors (Lipinski definition) is 2. The Kier molecular flexibility index (Phi) is 3.31. The van der Waals surface area contributed by atoms with Crippen molar-refractivity contribution in [2.24, 2.45) is 0 Å². The van der Waals surface area contributed by atoms with Crippen molar-refractivity contribution in [1.82, 2.24) is 5.32 Å². The van der Waals surface area contributed by atoms with Crippen molar-refractivity contribution in [3.63, 3.8) is 0 Å². The van der Waals surface area contributed by atoms with Crippen molar-refractivity contribution in [2.45, 2.75) is 43.7 Å². The second-order valence-electron chi connectivity index (χ2n) is 5.65. The van der Waals surface area contributed by atoms with Crippen LogP contribution in [0.5, 0.6) is 5.75 Å². The number of benzene rings is 1. The Hall–Kier alpha value is -2.11. The zero-order valence-corrected chi connectivity index (χ0v) is 11.4. The summed E-state index contributed by atoms with van der Waals surface area (Å²) in [5, 5.41) is 12.0. The van der Waals surface area contributed by atoms with Gasteiger partial charge in [-0.05, 0) is 31.0 Å². The van der Waals surface area contributed by atoms with E-state index in [0.717, 1.165) is 12.8 Å². The molecular weight excluding hydrogens is 277 g/mol. The zero-order valence-electron chi connectivity index (χ0n) is 11.4. The normalized spacial score (nSPS) is 22.4. The molecule has 0 spiro atoms. The highest BCUT2D eigenvalue weighted by atomic mass is 19.1. The number of rotatable bonds is 3. The zero-order chi connectivity index (χ0) is 15.0. The molecule has 1 aromatic carbocycles. The minimum Gasteiger partial charge on any atom is -0.480 e. The van der Waals surface area contributed by atoms with E-state index in [-0.39, 0.29) is 12.2 Å². The molecular formula is C15H16FNO4. The van der Waals surface area contributed by atoms with Crippen molar-refractivity contribution in [3.05, 3.63) is 29.6 Å². The molecule has 1 fully saturated rings. The fourth-order valence-electron chi connectivity index (χ4n) is 3.05. The van der Waals surface area contributed by atoms with Crippen LogP contribution in [0, 0.1) is 5.82 Å². The molecule has 2 N–H and O–H groups in total. The highest BCUT2D eigenvalue weighted by Gasteiger charge is 2.44. The molecule has 1 aromatic rings. The molecule has 1 aliphatic heterocycles. The van der Waals surface area contributed by atoms with Crippen molar-refractivity contribution < 1.29 is 23.8 Å². The first kappa shape index (κ1) is 13.9. The summed E-state index contributed by atoms with van der Waals surface area (Å²) in [4.78, 5) is 23.7. The lowest BCUT2D eigenvalue weighted by Crippen LogP contribution is -2.55. The number of halogens is 1. The van der Waals surface area contributed by atoms with Gasteiger partial charge in [-0.2, -0.15) is 0 Å². The van der Waals surface area contributed by atoms with Crippen LogP contribution in [0.3, 0.4) is 0 Å². The first-order chi connectivity index (χ1) is 10.00. The quantitative estimate of drug-likeness (QED) is 0.888. The van der Waals surface area contributed by atoms with Gasteiger partial charge in [0.2, 0.25) is 0 Å². The van der Waals surface area contributed by atoms with Gasteiger partial charge in [0.15, 0.2) is 6.10 Å². The lowest BCUT2D eigenvalue weighted by molar-refractivity contribution is -0.148. The van der Waals surface area contributed by atoms with Crippen LogP contribution in [0.15, 0.2) is 18.2 Å². The summed E-state index contributed by atoms with van der Waals surface area (Å²) >= 11 is 0. The van der Waals surface area contributed by atoms with Crippen LogP contribution in [0.2, 0.25) is 0 Å². The molecule has 1 atom stereocenters. The fraction of sp³-hybridized carbons (Fsp3) is 0.467. The first-order valence-electron chi connectivity index (χ1n) is 7.01. The van der Waals surface area contributed by atoms with Gasteiger partial charge in [0.1, 0.15) is 17.1 Å². The van der Waals surface area contributed by atoms with E-state index >= 15 is 0 Å². The van der Waals surface area contributed by atoms with E-state index in [1.54, 1.807) is 0 Å². The molecule has 2 aliphatic rings. The van der Waals surface area contributed by atoms with Crippen LogP contribution in [-0.4, -0.2) is 28.6 Å². The SMILES string of the molecule is O=C(NC1(C(=O)O)CCCC1)[C@H]1Cc2cc(F)ccc2O1. The number of hydrogen-bond acceptors (Lipinski definition) is 3. The summed E-state index contributed by atoms with van der Waals surface area (Å²) < 4.78 is 18.6. The van der Waals surface area contributed by atoms with E-state index in [1.165, 1.54) is 18.2 Å². The van der Waals surface area contributed by atoms with Gasteiger partial charge < -0.3 is 15.2 Å². The molecule has 1 saturated carbocycles. The van der Waals surface area contributed by atoms with E-state index in [2.05, 4.69) is 5.32 Å². The number of carbonyl (C=O) groups excluding carboxylic acids is 1. The maximum absolute atomic E-state index is 13.2. The van der Waals surface area contributed by atoms with Crippen LogP contribution >= 0.6 is 0 Å². The van der Waals surface area contributed by atoms with Gasteiger partial charge in [-0.1, -0.05) is 12.8 Å². The molecule has 1 aliphatic carbocycles. The predicted octanol–water partition coefficient (Wildman–Crippen LogP) is 1.64. The number of carboxylic acids is 1. The van der Waals surface area contributed by atoms with Crippen molar-refractivity contribution >= 4 is 11.9 Å². The van der Waals surface area contributed by atoms with Gasteiger partial charge in [0.25, 0.3) is 5.91 Å². The summed E-state index contributed by atoms with van der Waals surface area (Å²) in [5.41, 5.74) is -0.550. The van der Waals surface area contributed by atoms with Crippen molar-refractivity contribution in [1.29, 1.82) is 0 Å². The van der Waals surface area contributed by atoms with Crippen molar-refractivity contribution in [2.75, 3.05) is 0 Å². The summed E-state index contributed by atoms with van der Waals surface area (Å²) in [5.74, 6) is -1.35. The van der Waals surface area contributed by atoms with Gasteiger partial charge in [-0.25, -0.2) is 9.18 Å². The molecule has 0 radical (unpaired) electrons. The Morgan fingerprint density at radius 2 is 2.05 bits per heavy atom. The Morgan fingerprint density at radius 3 is 2.71 bits per heavy atom. The van der Waals surface area contributed by atoms with E-state index in [9.17, 15) is 19.1 Å². The first-order valence-corrected chi connectivity index (χ1v) is 7.01. The summed E-state index contributed by atoms with van der Waals surface area (Å²) in [6.07, 6.45) is 1.89. The summed E-state index contributed by atoms with van der Waals surface area (Å²) in [6, 6.07) is 4.10. The van der Waals surface area contributed by atoms with Gasteiger partial charge in [-0.3, -0.25) is 4.79 Å². The fourth-order valence-corrected chi connectivity index (χ4v) is 3.05. The Bertz CT molecular complexity index is 595. The molecule has 0 unspecified atom stereocenters. The van der Waals surface area contributed by atoms with Gasteiger partial charge in [0, 0.05) is 12.0 Å². The average molecular weight is 293 g/mol. The standard InChI is InChI=1S/C15H16FNO4/c16-10-3-4-11-9(7-10)8-12(21-11)13(18)17-15(14(19)20)5-1-2-6-15/h3-4,7,12H,1-2,5-6,8H2,(H,17,18)(H,19,20)/t12-/m1/s1. The maximum Gasteiger partial charge on any atom is 0.329 e. The molecule has 0 aromatic heterocycles. The van der Waals surface area contributed by atoms with Crippen LogP contribution in [0.1, 0.15) is 31.2 Å². The third kappa shape index (κ3) is 2.46. The molecule has 1 amide bonds. The predicted molar refractivity (Wildman–Crippen MR) is 71.5 cm³/mol. The van der Waals surface area contributed by atoms with E-state index in [0.29, 0.717) is 24.2 Å². The molecule has 3 rings (SSSR count). The largest absolute Gasteiger partial charge is 0.480 e. The lowest BCUT2D eigenvalue weighted by Gasteiger charge is -2.26. The number of ether oxygens (including phenoxy) is 1. The monoisotopic (exact) mass is 293 g/mol. The highest BCUT2D eigenvalue weighted by Crippen LogP contribution is 2.32. The number of carbonyl (C=O) groups is 2. The van der Waals surface area contributed by atoms with Gasteiger partial charge in [-0.15, -0.1) is 0 Å². The lowest BCUT2D eigenvalue weighted by atomic mass is 9.97. The van der Waals surface area contributed by atoms with Gasteiger partial charge >= 0.3 is 5.97 Å². The number of nitrogens with one attached hydrogen (secondary N) is 1. The minimum atomic E-state index is -1.18. The molecule has 6 heteroatoms. The Morgan fingerprint density at radius 1 is 1.33 bits per heavy atom. The van der Waals surface area contributed by atoms with Crippen LogP contribution in [0.4, 0.5) is 4.39 Å². The van der Waals surface area contributed by atoms with E-state index < -0.39 is 23.5 Å². The van der Waals surface area contributed by atoms with E-state index in [1.807, 2.05) is 0 Å². The smallest absolute Gasteiger partial charge is 0.329 e. The molecule has 21 heavy (non-hydrogen) atoms. The number of amides is 1. The molecule has 1 heterocycles. The number of aliphatic carboxylic acids is 1. The van der Waals surface area contributed by atoms with Crippen LogP contribution in [0.25, 0.3) is 0 Å². The highest BCUT2D eigenvalue weighted by molar-refractivity contribution is 5.90. The number of fused-ring (bicyclic) bond motifs is 1. The van der Waals surface area contributed by atoms with Crippen LogP contribution in [-0.2, 0) is 16.0 Å². The maximum atomic E-state index is 13.2. The van der Waals surface area contributed by atoms with Crippen LogP contribution < -0.4 is 10.1 Å². The molecule has 0 bridgehead atoms. The Labute approximate surface area is 121 Å². The van der Waals surface area contributed by atoms with E-state index in [4.69, 9.17) is 4.74 Å². The second kappa shape index (κ2) is 5.02. The summed E-state index contributed by atoms with van der Waals surface area (Å²) in [7, 11) is 0.